The molecule has 0 aliphatic rings. The van der Waals surface area contributed by atoms with Crippen LogP contribution in [-0.2, 0) is 14.3 Å². The number of fused-ring (bicyclic) bond motifs is 1. The molecule has 0 spiro atoms. The lowest BCUT2D eigenvalue weighted by Crippen LogP contribution is -2.21. The Morgan fingerprint density at radius 1 is 1.11 bits per heavy atom. The molecular weight excluding hydrogens is 386 g/mol. The third kappa shape index (κ3) is 3.99. The molecule has 1 heterocycles. The van der Waals surface area contributed by atoms with E-state index in [2.05, 4.69) is 10.1 Å². The highest BCUT2D eigenvalue weighted by atomic mass is 35.5. The molecule has 1 amide bonds. The quantitative estimate of drug-likeness (QED) is 0.650. The van der Waals surface area contributed by atoms with Gasteiger partial charge in [0.15, 0.2) is 12.2 Å². The fraction of sp³-hybridized carbons (Fsp3) is 0.150. The van der Waals surface area contributed by atoms with Gasteiger partial charge in [-0.2, -0.15) is 0 Å². The molecule has 3 rings (SSSR count). The maximum Gasteiger partial charge on any atom is 0.375 e. The van der Waals surface area contributed by atoms with Crippen molar-refractivity contribution in [3.8, 4) is 0 Å². The molecular formula is C20H16ClNO6. The van der Waals surface area contributed by atoms with Crippen molar-refractivity contribution in [1.82, 2.24) is 0 Å². The van der Waals surface area contributed by atoms with Gasteiger partial charge in [-0.3, -0.25) is 4.79 Å². The topological polar surface area (TPSA) is 94.8 Å². The van der Waals surface area contributed by atoms with E-state index < -0.39 is 24.5 Å². The fourth-order valence-electron chi connectivity index (χ4n) is 2.64. The van der Waals surface area contributed by atoms with Crippen molar-refractivity contribution < 1.29 is 28.3 Å². The van der Waals surface area contributed by atoms with E-state index >= 15 is 0 Å². The number of hydrogen-bond donors (Lipinski definition) is 1. The summed E-state index contributed by atoms with van der Waals surface area (Å²) in [4.78, 5) is 35.9. The highest BCUT2D eigenvalue weighted by molar-refractivity contribution is 6.35. The summed E-state index contributed by atoms with van der Waals surface area (Å²) in [6.45, 7) is 1.18. The number of ether oxygens (including phenoxy) is 2. The summed E-state index contributed by atoms with van der Waals surface area (Å²) >= 11 is 6.07. The van der Waals surface area contributed by atoms with Crippen LogP contribution in [0.1, 0.15) is 26.5 Å². The number of methoxy groups -OCH3 is 1. The zero-order chi connectivity index (χ0) is 20.3. The second kappa shape index (κ2) is 8.14. The first-order valence-corrected chi connectivity index (χ1v) is 8.61. The van der Waals surface area contributed by atoms with Crippen LogP contribution in [0.5, 0.6) is 0 Å². The van der Waals surface area contributed by atoms with Crippen LogP contribution in [0.25, 0.3) is 11.0 Å². The Morgan fingerprint density at radius 3 is 2.57 bits per heavy atom. The van der Waals surface area contributed by atoms with Crippen LogP contribution in [0.3, 0.4) is 0 Å². The number of nitrogens with one attached hydrogen (secondary N) is 1. The molecule has 144 valence electrons. The molecule has 1 N–H and O–H groups in total. The van der Waals surface area contributed by atoms with Gasteiger partial charge in [0.05, 0.1) is 17.7 Å². The summed E-state index contributed by atoms with van der Waals surface area (Å²) in [5.74, 6) is -1.88. The van der Waals surface area contributed by atoms with Crippen molar-refractivity contribution in [1.29, 1.82) is 0 Å². The Morgan fingerprint density at radius 2 is 1.86 bits per heavy atom. The third-order valence-electron chi connectivity index (χ3n) is 4.00. The Balaban J connectivity index is 1.65. The number of benzene rings is 2. The van der Waals surface area contributed by atoms with Crippen molar-refractivity contribution in [2.45, 2.75) is 6.92 Å². The summed E-state index contributed by atoms with van der Waals surface area (Å²) in [5.41, 5.74) is 1.62. The lowest BCUT2D eigenvalue weighted by molar-refractivity contribution is -0.119. The molecule has 0 fully saturated rings. The number of hydrogen-bond acceptors (Lipinski definition) is 6. The normalized spacial score (nSPS) is 10.5. The number of rotatable bonds is 5. The van der Waals surface area contributed by atoms with Crippen LogP contribution >= 0.6 is 11.6 Å². The van der Waals surface area contributed by atoms with Gasteiger partial charge in [0, 0.05) is 16.6 Å². The van der Waals surface area contributed by atoms with Crippen LogP contribution < -0.4 is 5.32 Å². The maximum absolute atomic E-state index is 12.3. The molecule has 0 radical (unpaired) electrons. The summed E-state index contributed by atoms with van der Waals surface area (Å²) in [6.07, 6.45) is 0. The van der Waals surface area contributed by atoms with E-state index in [4.69, 9.17) is 20.8 Å². The smallest absolute Gasteiger partial charge is 0.375 e. The number of aryl methyl sites for hydroxylation is 1. The van der Waals surface area contributed by atoms with Crippen LogP contribution in [-0.4, -0.2) is 31.6 Å². The average molecular weight is 402 g/mol. The molecule has 0 saturated heterocycles. The van der Waals surface area contributed by atoms with E-state index in [-0.39, 0.29) is 11.3 Å². The Hall–Kier alpha value is -3.32. The van der Waals surface area contributed by atoms with E-state index in [0.29, 0.717) is 27.2 Å². The second-order valence-corrected chi connectivity index (χ2v) is 6.28. The SMILES string of the molecule is COC(=O)c1cccc(NC(=O)COC(=O)c2oc3c(Cl)cccc3c2C)c1. The summed E-state index contributed by atoms with van der Waals surface area (Å²) < 4.78 is 15.2. The number of amides is 1. The Bertz CT molecular complexity index is 1070. The molecule has 0 unspecified atom stereocenters. The number of esters is 2. The summed E-state index contributed by atoms with van der Waals surface area (Å²) in [5, 5.41) is 3.62. The third-order valence-corrected chi connectivity index (χ3v) is 4.30. The predicted molar refractivity (Wildman–Crippen MR) is 103 cm³/mol. The van der Waals surface area contributed by atoms with Gasteiger partial charge < -0.3 is 19.2 Å². The monoisotopic (exact) mass is 401 g/mol. The molecule has 0 atom stereocenters. The molecule has 0 aliphatic heterocycles. The highest BCUT2D eigenvalue weighted by Gasteiger charge is 2.21. The molecule has 2 aromatic carbocycles. The predicted octanol–water partition coefficient (Wildman–Crippen LogP) is 3.98. The van der Waals surface area contributed by atoms with Crippen LogP contribution in [0.2, 0.25) is 5.02 Å². The van der Waals surface area contributed by atoms with Crippen molar-refractivity contribution in [2.75, 3.05) is 19.0 Å². The van der Waals surface area contributed by atoms with E-state index in [1.165, 1.54) is 13.2 Å². The van der Waals surface area contributed by atoms with Crippen molar-refractivity contribution in [3.63, 3.8) is 0 Å². The van der Waals surface area contributed by atoms with E-state index in [1.807, 2.05) is 0 Å². The van der Waals surface area contributed by atoms with E-state index in [9.17, 15) is 14.4 Å². The Labute approximate surface area is 165 Å². The fourth-order valence-corrected chi connectivity index (χ4v) is 2.85. The first kappa shape index (κ1) is 19.4. The molecule has 8 heteroatoms. The molecule has 1 aromatic heterocycles. The van der Waals surface area contributed by atoms with Gasteiger partial charge in [0.1, 0.15) is 0 Å². The first-order valence-electron chi connectivity index (χ1n) is 8.23. The molecule has 28 heavy (non-hydrogen) atoms. The largest absolute Gasteiger partial charge is 0.465 e. The molecule has 0 saturated carbocycles. The molecule has 3 aromatic rings. The summed E-state index contributed by atoms with van der Waals surface area (Å²) in [6, 6.07) is 11.4. The van der Waals surface area contributed by atoms with E-state index in [0.717, 1.165) is 0 Å². The van der Waals surface area contributed by atoms with Gasteiger partial charge in [0.25, 0.3) is 5.91 Å². The minimum atomic E-state index is -0.775. The zero-order valence-electron chi connectivity index (χ0n) is 15.1. The Kier molecular flexibility index (Phi) is 5.65. The number of halogens is 1. The molecule has 0 aliphatic carbocycles. The van der Waals surface area contributed by atoms with Gasteiger partial charge >= 0.3 is 11.9 Å². The van der Waals surface area contributed by atoms with Gasteiger partial charge in [-0.25, -0.2) is 9.59 Å². The van der Waals surface area contributed by atoms with Gasteiger partial charge in [0.2, 0.25) is 5.76 Å². The first-order chi connectivity index (χ1) is 13.4. The minimum absolute atomic E-state index is 0.0106. The number of carbonyl (C=O) groups is 3. The van der Waals surface area contributed by atoms with Crippen LogP contribution in [0.4, 0.5) is 5.69 Å². The number of anilines is 1. The molecule has 0 bridgehead atoms. The van der Waals surface area contributed by atoms with Gasteiger partial charge in [-0.15, -0.1) is 0 Å². The zero-order valence-corrected chi connectivity index (χ0v) is 15.8. The lowest BCUT2D eigenvalue weighted by atomic mass is 10.1. The average Bonchev–Trinajstić information content (AvgIpc) is 3.04. The van der Waals surface area contributed by atoms with Crippen LogP contribution in [0, 0.1) is 6.92 Å². The number of carbonyl (C=O) groups excluding carboxylic acids is 3. The molecule has 7 nitrogen and oxygen atoms in total. The van der Waals surface area contributed by atoms with Crippen molar-refractivity contribution >= 4 is 46.1 Å². The maximum atomic E-state index is 12.3. The van der Waals surface area contributed by atoms with Gasteiger partial charge in [-0.1, -0.05) is 29.8 Å². The number of para-hydroxylation sites is 1. The number of furan rings is 1. The van der Waals surface area contributed by atoms with Crippen LogP contribution in [0.15, 0.2) is 46.9 Å². The van der Waals surface area contributed by atoms with E-state index in [1.54, 1.807) is 43.3 Å². The summed E-state index contributed by atoms with van der Waals surface area (Å²) in [7, 11) is 1.26. The minimum Gasteiger partial charge on any atom is -0.465 e. The highest BCUT2D eigenvalue weighted by Crippen LogP contribution is 2.30. The van der Waals surface area contributed by atoms with Gasteiger partial charge in [-0.05, 0) is 31.2 Å². The lowest BCUT2D eigenvalue weighted by Gasteiger charge is -2.07. The van der Waals surface area contributed by atoms with Crippen molar-refractivity contribution in [3.05, 3.63) is 64.4 Å². The van der Waals surface area contributed by atoms with Crippen molar-refractivity contribution in [2.24, 2.45) is 0 Å². The standard InChI is InChI=1S/C20H16ClNO6/c1-11-14-7-4-8-15(21)18(14)28-17(11)20(25)27-10-16(23)22-13-6-3-5-12(9-13)19(24)26-2/h3-9H,10H2,1-2H3,(H,22,23). The second-order valence-electron chi connectivity index (χ2n) is 5.87.